The summed E-state index contributed by atoms with van der Waals surface area (Å²) < 4.78 is 22.7. The van der Waals surface area contributed by atoms with Gasteiger partial charge in [0, 0.05) is 28.1 Å². The molecule has 0 rings (SSSR count). The number of methoxy groups -OCH3 is 1. The van der Waals surface area contributed by atoms with Crippen molar-refractivity contribution in [1.29, 1.82) is 0 Å². The average Bonchev–Trinajstić information content (AvgIpc) is 3.22. The minimum atomic E-state index is -0.0423. The summed E-state index contributed by atoms with van der Waals surface area (Å²) in [5.74, 6) is 0.392. The number of nitrogens with one attached hydrogen (secondary N) is 1. The summed E-state index contributed by atoms with van der Waals surface area (Å²) in [4.78, 5) is 26.6. The monoisotopic (exact) mass is 827 g/mol. The maximum Gasteiger partial charge on any atom is 0.305 e. The lowest BCUT2D eigenvalue weighted by Crippen LogP contribution is -2.32. The topological polar surface area (TPSA) is 86.3 Å². The molecule has 0 aromatic carbocycles. The van der Waals surface area contributed by atoms with Crippen LogP contribution in [0.5, 0.6) is 0 Å². The molecule has 0 radical (unpaired) electrons. The van der Waals surface area contributed by atoms with Gasteiger partial charge in [-0.2, -0.15) is 0 Å². The zero-order chi connectivity index (χ0) is 42.4. The Kier molecular flexibility index (Phi) is 45.9. The van der Waals surface area contributed by atoms with Crippen LogP contribution in [0, 0.1) is 5.92 Å². The molecule has 1 atom stereocenters. The van der Waals surface area contributed by atoms with Crippen molar-refractivity contribution in [2.24, 2.45) is 5.92 Å². The van der Waals surface area contributed by atoms with Crippen LogP contribution in [-0.4, -0.2) is 82.8 Å². The SMILES string of the molecule is CCCCCCCCC(CCCCCCCC)OCOCCCCCCCCN(CCCCCCCC(=O)OCC(C)CCCCCCC)CCCNC(=O)COC.[HH]. The second-order valence-electron chi connectivity index (χ2n) is 17.5. The molecule has 0 aromatic rings. The molecule has 8 heteroatoms. The molecule has 0 aliphatic heterocycles. The van der Waals surface area contributed by atoms with Crippen LogP contribution >= 0.6 is 0 Å². The average molecular weight is 827 g/mol. The summed E-state index contributed by atoms with van der Waals surface area (Å²) in [6.07, 6.45) is 40.8. The van der Waals surface area contributed by atoms with E-state index in [4.69, 9.17) is 18.9 Å². The Hall–Kier alpha value is -1.22. The highest BCUT2D eigenvalue weighted by atomic mass is 16.7. The predicted molar refractivity (Wildman–Crippen MR) is 249 cm³/mol. The highest BCUT2D eigenvalue weighted by Crippen LogP contribution is 2.18. The Balaban J connectivity index is 0. The van der Waals surface area contributed by atoms with Crippen molar-refractivity contribution in [3.8, 4) is 0 Å². The van der Waals surface area contributed by atoms with E-state index in [2.05, 4.69) is 37.9 Å². The Labute approximate surface area is 362 Å². The van der Waals surface area contributed by atoms with Gasteiger partial charge in [-0.3, -0.25) is 9.59 Å². The van der Waals surface area contributed by atoms with E-state index in [9.17, 15) is 9.59 Å². The predicted octanol–water partition coefficient (Wildman–Crippen LogP) is 13.8. The first-order chi connectivity index (χ1) is 28.5. The molecule has 58 heavy (non-hydrogen) atoms. The molecule has 0 spiro atoms. The van der Waals surface area contributed by atoms with Crippen molar-refractivity contribution < 1.29 is 30.0 Å². The molecule has 0 aliphatic rings. The molecule has 1 unspecified atom stereocenters. The fourth-order valence-electron chi connectivity index (χ4n) is 7.74. The smallest absolute Gasteiger partial charge is 0.305 e. The molecule has 348 valence electrons. The summed E-state index contributed by atoms with van der Waals surface area (Å²) in [6.45, 7) is 14.9. The van der Waals surface area contributed by atoms with Crippen LogP contribution in [0.2, 0.25) is 0 Å². The van der Waals surface area contributed by atoms with Crippen molar-refractivity contribution >= 4 is 11.9 Å². The van der Waals surface area contributed by atoms with E-state index in [1.54, 1.807) is 7.11 Å². The highest BCUT2D eigenvalue weighted by Gasteiger charge is 2.11. The number of esters is 1. The second-order valence-corrected chi connectivity index (χ2v) is 17.5. The lowest BCUT2D eigenvalue weighted by Gasteiger charge is -2.22. The van der Waals surface area contributed by atoms with Crippen molar-refractivity contribution in [2.45, 2.75) is 246 Å². The standard InChI is InChI=1S/C50H100N2O6.H2/c1-6-9-12-15-21-28-36-48(37-29-22-16-13-10-7-2)58-46-56-43-33-26-18-17-24-31-40-52(42-34-39-51-49(53)45-55-5)41-32-25-19-23-30-38-50(54)57-44-47(4)35-27-20-14-11-8-3;/h47-48H,6-46H2,1-5H3,(H,51,53);1H. The fraction of sp³-hybridized carbons (Fsp3) is 0.960. The number of nitrogens with zero attached hydrogens (tertiary/aromatic N) is 1. The number of ether oxygens (including phenoxy) is 4. The summed E-state index contributed by atoms with van der Waals surface area (Å²) in [6, 6.07) is 0. The number of carbonyl (C=O) groups excluding carboxylic acids is 2. The Morgan fingerprint density at radius 2 is 1.03 bits per heavy atom. The van der Waals surface area contributed by atoms with E-state index < -0.39 is 0 Å². The van der Waals surface area contributed by atoms with Gasteiger partial charge in [-0.05, 0) is 76.9 Å². The van der Waals surface area contributed by atoms with Gasteiger partial charge in [-0.15, -0.1) is 0 Å². The van der Waals surface area contributed by atoms with Gasteiger partial charge in [-0.1, -0.05) is 182 Å². The minimum Gasteiger partial charge on any atom is -0.465 e. The highest BCUT2D eigenvalue weighted by molar-refractivity contribution is 5.77. The van der Waals surface area contributed by atoms with E-state index in [1.807, 2.05) is 0 Å². The third-order valence-electron chi connectivity index (χ3n) is 11.6. The lowest BCUT2D eigenvalue weighted by molar-refractivity contribution is -0.145. The van der Waals surface area contributed by atoms with Crippen molar-refractivity contribution in [3.63, 3.8) is 0 Å². The summed E-state index contributed by atoms with van der Waals surface area (Å²) in [7, 11) is 1.56. The summed E-state index contributed by atoms with van der Waals surface area (Å²) >= 11 is 0. The zero-order valence-corrected chi connectivity index (χ0v) is 39.5. The number of rotatable bonds is 48. The Morgan fingerprint density at radius 3 is 1.59 bits per heavy atom. The van der Waals surface area contributed by atoms with Gasteiger partial charge in [0.25, 0.3) is 0 Å². The molecule has 0 heterocycles. The van der Waals surface area contributed by atoms with Crippen LogP contribution in [0.1, 0.15) is 241 Å². The molecule has 0 bridgehead atoms. The number of hydrogen-bond donors (Lipinski definition) is 1. The van der Waals surface area contributed by atoms with E-state index >= 15 is 0 Å². The van der Waals surface area contributed by atoms with Crippen LogP contribution in [0.4, 0.5) is 0 Å². The first-order valence-corrected chi connectivity index (χ1v) is 25.3. The van der Waals surface area contributed by atoms with Crippen LogP contribution < -0.4 is 5.32 Å². The molecular formula is C50H102N2O6. The quantitative estimate of drug-likeness (QED) is 0.0371. The molecule has 0 saturated heterocycles. The number of carbonyl (C=O) groups is 2. The molecule has 0 saturated carbocycles. The number of unbranched alkanes of at least 4 members (excludes halogenated alkanes) is 23. The number of amides is 1. The minimum absolute atomic E-state index is 0. The third-order valence-corrected chi connectivity index (χ3v) is 11.6. The molecule has 1 amide bonds. The lowest BCUT2D eigenvalue weighted by atomic mass is 10.0. The molecule has 8 nitrogen and oxygen atoms in total. The molecule has 0 aliphatic carbocycles. The number of hydrogen-bond acceptors (Lipinski definition) is 7. The van der Waals surface area contributed by atoms with E-state index in [0.29, 0.717) is 38.4 Å². The molecule has 0 aromatic heterocycles. The van der Waals surface area contributed by atoms with Gasteiger partial charge >= 0.3 is 5.97 Å². The molecular weight excluding hydrogens is 725 g/mol. The van der Waals surface area contributed by atoms with E-state index in [-0.39, 0.29) is 19.9 Å². The largest absolute Gasteiger partial charge is 0.465 e. The van der Waals surface area contributed by atoms with Gasteiger partial charge in [-0.25, -0.2) is 0 Å². The maximum absolute atomic E-state index is 12.2. The summed E-state index contributed by atoms with van der Waals surface area (Å²) in [5.41, 5.74) is 0. The summed E-state index contributed by atoms with van der Waals surface area (Å²) in [5, 5.41) is 2.97. The van der Waals surface area contributed by atoms with Gasteiger partial charge in [0.1, 0.15) is 13.4 Å². The maximum atomic E-state index is 12.2. The first kappa shape index (κ1) is 56.8. The Bertz CT molecular complexity index is 836. The normalized spacial score (nSPS) is 12.2. The van der Waals surface area contributed by atoms with Crippen molar-refractivity contribution in [1.82, 2.24) is 10.2 Å². The van der Waals surface area contributed by atoms with Gasteiger partial charge in [0.2, 0.25) is 5.91 Å². The van der Waals surface area contributed by atoms with Crippen LogP contribution in [0.25, 0.3) is 0 Å². The fourth-order valence-corrected chi connectivity index (χ4v) is 7.74. The van der Waals surface area contributed by atoms with Gasteiger partial charge in [0.05, 0.1) is 12.7 Å². The van der Waals surface area contributed by atoms with Crippen LogP contribution in [0.3, 0.4) is 0 Å². The third kappa shape index (κ3) is 42.9. The zero-order valence-electron chi connectivity index (χ0n) is 39.5. The van der Waals surface area contributed by atoms with E-state index in [0.717, 1.165) is 64.8 Å². The van der Waals surface area contributed by atoms with Crippen molar-refractivity contribution in [2.75, 3.05) is 59.9 Å². The molecule has 0 fully saturated rings. The van der Waals surface area contributed by atoms with Crippen molar-refractivity contribution in [3.05, 3.63) is 0 Å². The molecule has 1 N–H and O–H groups in total. The Morgan fingerprint density at radius 1 is 0.569 bits per heavy atom. The second kappa shape index (κ2) is 46.8. The van der Waals surface area contributed by atoms with E-state index in [1.165, 1.54) is 167 Å². The van der Waals surface area contributed by atoms with Gasteiger partial charge in [0.15, 0.2) is 0 Å². The van der Waals surface area contributed by atoms with Crippen LogP contribution in [-0.2, 0) is 28.5 Å². The van der Waals surface area contributed by atoms with Gasteiger partial charge < -0.3 is 29.2 Å². The first-order valence-electron chi connectivity index (χ1n) is 25.3. The van der Waals surface area contributed by atoms with Crippen LogP contribution in [0.15, 0.2) is 0 Å².